The molecule has 0 aliphatic heterocycles. The molecule has 0 heterocycles. The molecule has 0 atom stereocenters. The predicted molar refractivity (Wildman–Crippen MR) is 58.9 cm³/mol. The van der Waals surface area contributed by atoms with Crippen LogP contribution in [0.1, 0.15) is 44.7 Å². The summed E-state index contributed by atoms with van der Waals surface area (Å²) >= 11 is 0. The molecule has 0 fully saturated rings. The molecule has 0 bridgehead atoms. The van der Waals surface area contributed by atoms with Crippen LogP contribution in [0, 0.1) is 30.2 Å². The van der Waals surface area contributed by atoms with Gasteiger partial charge >= 0.3 is 0 Å². The van der Waals surface area contributed by atoms with E-state index in [1.807, 2.05) is 0 Å². The van der Waals surface area contributed by atoms with Gasteiger partial charge in [-0.25, -0.2) is 17.6 Å². The molecule has 0 amide bonds. The van der Waals surface area contributed by atoms with E-state index in [0.717, 1.165) is 6.92 Å². The largest absolute Gasteiger partial charge is 0.203 e. The fraction of sp³-hybridized carbons (Fsp3) is 0.538. The van der Waals surface area contributed by atoms with Crippen LogP contribution in [0.25, 0.3) is 0 Å². The highest BCUT2D eigenvalue weighted by molar-refractivity contribution is 5.34. The lowest BCUT2D eigenvalue weighted by Crippen LogP contribution is -2.25. The molecule has 1 aromatic carbocycles. The number of benzene rings is 1. The van der Waals surface area contributed by atoms with Crippen molar-refractivity contribution in [3.8, 4) is 0 Å². The first-order valence-corrected chi connectivity index (χ1v) is 5.63. The summed E-state index contributed by atoms with van der Waals surface area (Å²) < 4.78 is 54.5. The number of hydrogen-bond donors (Lipinski definition) is 0. The van der Waals surface area contributed by atoms with Gasteiger partial charge in [0.05, 0.1) is 0 Å². The highest BCUT2D eigenvalue weighted by Gasteiger charge is 2.34. The van der Waals surface area contributed by atoms with Crippen molar-refractivity contribution >= 4 is 0 Å². The van der Waals surface area contributed by atoms with E-state index in [9.17, 15) is 17.6 Å². The molecule has 1 rings (SSSR count). The summed E-state index contributed by atoms with van der Waals surface area (Å²) in [5.74, 6) is -5.14. The maximum atomic E-state index is 13.8. The minimum Gasteiger partial charge on any atom is -0.203 e. The van der Waals surface area contributed by atoms with Gasteiger partial charge in [-0.2, -0.15) is 0 Å². The summed E-state index contributed by atoms with van der Waals surface area (Å²) in [6, 6.07) is 0. The fourth-order valence-corrected chi connectivity index (χ4v) is 1.87. The average Bonchev–Trinajstić information content (AvgIpc) is 2.33. The zero-order valence-corrected chi connectivity index (χ0v) is 10.4. The van der Waals surface area contributed by atoms with E-state index >= 15 is 0 Å². The molecule has 0 aliphatic carbocycles. The lowest BCUT2D eigenvalue weighted by Gasteiger charge is -2.28. The van der Waals surface area contributed by atoms with Crippen LogP contribution in [0.3, 0.4) is 0 Å². The van der Waals surface area contributed by atoms with Crippen LogP contribution in [0.2, 0.25) is 0 Å². The van der Waals surface area contributed by atoms with Crippen LogP contribution in [0.15, 0.2) is 0 Å². The Kier molecular flexibility index (Phi) is 3.84. The third-order valence-electron chi connectivity index (χ3n) is 3.65. The normalized spacial score (nSPS) is 12.0. The first kappa shape index (κ1) is 14.0. The number of rotatable bonds is 3. The van der Waals surface area contributed by atoms with Crippen LogP contribution in [-0.4, -0.2) is 0 Å². The Bertz CT molecular complexity index is 405. The van der Waals surface area contributed by atoms with Crippen molar-refractivity contribution in [1.29, 1.82) is 0 Å². The fourth-order valence-electron chi connectivity index (χ4n) is 1.87. The van der Waals surface area contributed by atoms with Gasteiger partial charge in [0.2, 0.25) is 0 Å². The first-order chi connectivity index (χ1) is 7.80. The molecule has 0 saturated heterocycles. The number of hydrogen-bond acceptors (Lipinski definition) is 0. The second kappa shape index (κ2) is 4.67. The molecule has 0 saturated carbocycles. The van der Waals surface area contributed by atoms with Crippen LogP contribution >= 0.6 is 0 Å². The summed E-state index contributed by atoms with van der Waals surface area (Å²) in [5, 5.41) is 0. The standard InChI is InChI=1S/C13H16F4/c1-5-13(4,6-2)8-11(16)9(14)7(3)10(15)12(8)17/h5-6H2,1-4H3. The number of halogens is 4. The van der Waals surface area contributed by atoms with Crippen molar-refractivity contribution in [3.05, 3.63) is 34.4 Å². The summed E-state index contributed by atoms with van der Waals surface area (Å²) in [7, 11) is 0. The lowest BCUT2D eigenvalue weighted by molar-refractivity contribution is 0.356. The molecule has 0 radical (unpaired) electrons. The zero-order chi connectivity index (χ0) is 13.4. The molecule has 0 nitrogen and oxygen atoms in total. The summed E-state index contributed by atoms with van der Waals surface area (Å²) in [6.07, 6.45) is 0.804. The van der Waals surface area contributed by atoms with Gasteiger partial charge in [0.25, 0.3) is 0 Å². The van der Waals surface area contributed by atoms with Crippen molar-refractivity contribution in [1.82, 2.24) is 0 Å². The SMILES string of the molecule is CCC(C)(CC)c1c(F)c(F)c(C)c(F)c1F. The van der Waals surface area contributed by atoms with E-state index in [-0.39, 0.29) is 0 Å². The van der Waals surface area contributed by atoms with E-state index in [0.29, 0.717) is 12.8 Å². The van der Waals surface area contributed by atoms with E-state index in [1.54, 1.807) is 20.8 Å². The van der Waals surface area contributed by atoms with Crippen molar-refractivity contribution in [2.75, 3.05) is 0 Å². The second-order valence-electron chi connectivity index (χ2n) is 4.52. The monoisotopic (exact) mass is 248 g/mol. The second-order valence-corrected chi connectivity index (χ2v) is 4.52. The molecule has 96 valence electrons. The van der Waals surface area contributed by atoms with Crippen molar-refractivity contribution < 1.29 is 17.6 Å². The van der Waals surface area contributed by atoms with E-state index in [2.05, 4.69) is 0 Å². The Morgan fingerprint density at radius 2 is 1.18 bits per heavy atom. The molecule has 0 aliphatic rings. The topological polar surface area (TPSA) is 0 Å². The molecule has 1 aromatic rings. The Morgan fingerprint density at radius 3 is 1.47 bits per heavy atom. The minimum atomic E-state index is -1.30. The lowest BCUT2D eigenvalue weighted by atomic mass is 9.77. The third-order valence-corrected chi connectivity index (χ3v) is 3.65. The maximum absolute atomic E-state index is 13.8. The van der Waals surface area contributed by atoms with E-state index in [4.69, 9.17) is 0 Å². The van der Waals surface area contributed by atoms with Gasteiger partial charge in [-0.15, -0.1) is 0 Å². The molecular weight excluding hydrogens is 232 g/mol. The minimum absolute atomic E-state index is 0.402. The van der Waals surface area contributed by atoms with Gasteiger partial charge in [-0.3, -0.25) is 0 Å². The smallest absolute Gasteiger partial charge is 0.165 e. The maximum Gasteiger partial charge on any atom is 0.165 e. The van der Waals surface area contributed by atoms with Gasteiger partial charge in [0.1, 0.15) is 0 Å². The van der Waals surface area contributed by atoms with Gasteiger partial charge in [-0.1, -0.05) is 20.8 Å². The Labute approximate surface area is 98.6 Å². The Balaban J connectivity index is 3.65. The van der Waals surface area contributed by atoms with Gasteiger partial charge in [-0.05, 0) is 25.2 Å². The molecular formula is C13H16F4. The van der Waals surface area contributed by atoms with E-state index in [1.165, 1.54) is 0 Å². The first-order valence-electron chi connectivity index (χ1n) is 5.63. The van der Waals surface area contributed by atoms with Gasteiger partial charge in [0, 0.05) is 11.1 Å². The molecule has 0 spiro atoms. The third kappa shape index (κ3) is 2.05. The highest BCUT2D eigenvalue weighted by Crippen LogP contribution is 2.37. The van der Waals surface area contributed by atoms with Crippen molar-refractivity contribution in [2.24, 2.45) is 0 Å². The van der Waals surface area contributed by atoms with E-state index < -0.39 is 39.8 Å². The summed E-state index contributed by atoms with van der Waals surface area (Å²) in [6.45, 7) is 6.09. The molecule has 4 heteroatoms. The average molecular weight is 248 g/mol. The van der Waals surface area contributed by atoms with Crippen LogP contribution in [0.5, 0.6) is 0 Å². The van der Waals surface area contributed by atoms with Crippen molar-refractivity contribution in [2.45, 2.75) is 46.0 Å². The quantitative estimate of drug-likeness (QED) is 0.540. The zero-order valence-electron chi connectivity index (χ0n) is 10.4. The Morgan fingerprint density at radius 1 is 0.824 bits per heavy atom. The molecule has 0 N–H and O–H groups in total. The van der Waals surface area contributed by atoms with Gasteiger partial charge < -0.3 is 0 Å². The Hall–Kier alpha value is -1.06. The summed E-state index contributed by atoms with van der Waals surface area (Å²) in [4.78, 5) is 0. The van der Waals surface area contributed by atoms with Gasteiger partial charge in [0.15, 0.2) is 23.3 Å². The van der Waals surface area contributed by atoms with Crippen LogP contribution in [-0.2, 0) is 5.41 Å². The molecule has 0 aromatic heterocycles. The highest BCUT2D eigenvalue weighted by atomic mass is 19.2. The molecule has 17 heavy (non-hydrogen) atoms. The van der Waals surface area contributed by atoms with Crippen molar-refractivity contribution in [3.63, 3.8) is 0 Å². The summed E-state index contributed by atoms with van der Waals surface area (Å²) in [5.41, 5.74) is -2.00. The van der Waals surface area contributed by atoms with Crippen LogP contribution < -0.4 is 0 Å². The van der Waals surface area contributed by atoms with Crippen LogP contribution in [0.4, 0.5) is 17.6 Å². The molecule has 0 unspecified atom stereocenters. The predicted octanol–water partition coefficient (Wildman–Crippen LogP) is 4.63.